The van der Waals surface area contributed by atoms with E-state index in [2.05, 4.69) is 141 Å². The van der Waals surface area contributed by atoms with Crippen LogP contribution in [0, 0.1) is 0 Å². The smallest absolute Gasteiger partial charge is 0.220 e. The molecule has 1 aliphatic heterocycles. The van der Waals surface area contributed by atoms with Crippen LogP contribution >= 0.6 is 0 Å². The van der Waals surface area contributed by atoms with E-state index in [0.717, 1.165) is 128 Å². The van der Waals surface area contributed by atoms with Crippen molar-refractivity contribution in [3.8, 4) is 0 Å². The summed E-state index contributed by atoms with van der Waals surface area (Å²) >= 11 is 0. The van der Waals surface area contributed by atoms with E-state index >= 15 is 0 Å². The van der Waals surface area contributed by atoms with Crippen LogP contribution in [0.2, 0.25) is 0 Å². The molecule has 0 bridgehead atoms. The lowest BCUT2D eigenvalue weighted by Crippen LogP contribution is -2.60. The van der Waals surface area contributed by atoms with E-state index in [4.69, 9.17) is 9.47 Å². The Morgan fingerprint density at radius 1 is 0.385 bits per heavy atom. The quantitative estimate of drug-likeness (QED) is 0.0261. The Morgan fingerprint density at radius 2 is 0.681 bits per heavy atom. The highest BCUT2D eigenvalue weighted by atomic mass is 16.7. The highest BCUT2D eigenvalue weighted by molar-refractivity contribution is 5.76. The fraction of sp³-hybridized carbons (Fsp3) is 0.720. The minimum absolute atomic E-state index is 0.193. The van der Waals surface area contributed by atoms with E-state index in [9.17, 15) is 30.3 Å². The fourth-order valence-electron chi connectivity index (χ4n) is 11.4. The van der Waals surface area contributed by atoms with Crippen molar-refractivity contribution in [2.45, 2.75) is 365 Å². The molecule has 0 aliphatic carbocycles. The summed E-state index contributed by atoms with van der Waals surface area (Å²) in [4.78, 5) is 13.2. The van der Waals surface area contributed by atoms with Crippen LogP contribution in [0.3, 0.4) is 0 Å². The second-order valence-electron chi connectivity index (χ2n) is 25.7. The van der Waals surface area contributed by atoms with Crippen molar-refractivity contribution < 1.29 is 39.8 Å². The van der Waals surface area contributed by atoms with E-state index in [1.165, 1.54) is 173 Å². The molecule has 7 atom stereocenters. The minimum Gasteiger partial charge on any atom is -0.394 e. The Hall–Kier alpha value is -3.67. The first-order chi connectivity index (χ1) is 44.8. The van der Waals surface area contributed by atoms with Crippen molar-refractivity contribution in [2.75, 3.05) is 13.2 Å². The van der Waals surface area contributed by atoms with Crippen LogP contribution in [0.5, 0.6) is 0 Å². The van der Waals surface area contributed by atoms with Gasteiger partial charge in [0.1, 0.15) is 24.4 Å². The molecule has 9 heteroatoms. The minimum atomic E-state index is -1.58. The number of aliphatic hydroxyl groups excluding tert-OH is 5. The molecule has 0 radical (unpaired) electrons. The molecule has 0 saturated carbocycles. The fourth-order valence-corrected chi connectivity index (χ4v) is 11.4. The van der Waals surface area contributed by atoms with Crippen LogP contribution in [0.25, 0.3) is 0 Å². The van der Waals surface area contributed by atoms with Crippen molar-refractivity contribution in [1.82, 2.24) is 5.32 Å². The number of ether oxygens (including phenoxy) is 2. The summed E-state index contributed by atoms with van der Waals surface area (Å²) in [6.45, 7) is 3.68. The van der Waals surface area contributed by atoms with Gasteiger partial charge >= 0.3 is 0 Å². The van der Waals surface area contributed by atoms with Gasteiger partial charge < -0.3 is 40.3 Å². The van der Waals surface area contributed by atoms with Crippen molar-refractivity contribution in [3.05, 3.63) is 134 Å². The van der Waals surface area contributed by atoms with Gasteiger partial charge in [-0.2, -0.15) is 0 Å². The Labute approximate surface area is 560 Å². The third kappa shape index (κ3) is 57.5. The van der Waals surface area contributed by atoms with Gasteiger partial charge in [-0.05, 0) is 96.3 Å². The summed E-state index contributed by atoms with van der Waals surface area (Å²) in [5, 5.41) is 54.9. The third-order valence-electron chi connectivity index (χ3n) is 17.2. The molecule has 1 saturated heterocycles. The van der Waals surface area contributed by atoms with Crippen LogP contribution in [0.15, 0.2) is 134 Å². The largest absolute Gasteiger partial charge is 0.394 e. The van der Waals surface area contributed by atoms with E-state index in [-0.39, 0.29) is 12.5 Å². The Morgan fingerprint density at radius 3 is 1.01 bits per heavy atom. The zero-order valence-electron chi connectivity index (χ0n) is 58.6. The lowest BCUT2D eigenvalue weighted by Gasteiger charge is -2.40. The van der Waals surface area contributed by atoms with Gasteiger partial charge in [0.2, 0.25) is 5.91 Å². The molecule has 6 N–H and O–H groups in total. The molecule has 1 aliphatic rings. The molecule has 522 valence electrons. The molecule has 1 fully saturated rings. The van der Waals surface area contributed by atoms with Gasteiger partial charge in [-0.15, -0.1) is 0 Å². The molecular formula is C82H141NO8. The van der Waals surface area contributed by atoms with Crippen LogP contribution < -0.4 is 5.32 Å². The van der Waals surface area contributed by atoms with Crippen molar-refractivity contribution in [3.63, 3.8) is 0 Å². The number of aliphatic hydroxyl groups is 5. The highest BCUT2D eigenvalue weighted by Gasteiger charge is 2.44. The number of hydrogen-bond acceptors (Lipinski definition) is 8. The number of amides is 1. The van der Waals surface area contributed by atoms with Gasteiger partial charge in [0.25, 0.3) is 0 Å². The van der Waals surface area contributed by atoms with Gasteiger partial charge in [0.15, 0.2) is 6.29 Å². The SMILES string of the molecule is CC/C=C\C/C=C\C/C=C\C/C=C\C/C=C\C/C=C\C/C=C\C/C=C\C/C=C\C/C=C\CCCCCCCCC(=O)NC(COC1OC(CO)C(O)C(O)C1O)C(O)/C=C/CCCCCCCCCCCCCCCCCCCCCCCCCCCCCCC. The Kier molecular flexibility index (Phi) is 64.9. The number of nitrogens with one attached hydrogen (secondary N) is 1. The molecule has 9 nitrogen and oxygen atoms in total. The summed E-state index contributed by atoms with van der Waals surface area (Å²) in [7, 11) is 0. The van der Waals surface area contributed by atoms with Crippen LogP contribution in [0.4, 0.5) is 0 Å². The summed E-state index contributed by atoms with van der Waals surface area (Å²) in [6.07, 6.45) is 98.5. The van der Waals surface area contributed by atoms with Gasteiger partial charge in [0, 0.05) is 6.42 Å². The van der Waals surface area contributed by atoms with Gasteiger partial charge in [-0.25, -0.2) is 0 Å². The summed E-state index contributed by atoms with van der Waals surface area (Å²) in [5.41, 5.74) is 0. The Balaban J connectivity index is 2.16. The second-order valence-corrected chi connectivity index (χ2v) is 25.7. The molecule has 0 spiro atoms. The van der Waals surface area contributed by atoms with Gasteiger partial charge in [0.05, 0.1) is 25.4 Å². The Bertz CT molecular complexity index is 1910. The first-order valence-corrected chi connectivity index (χ1v) is 37.9. The lowest BCUT2D eigenvalue weighted by atomic mass is 9.99. The maximum Gasteiger partial charge on any atom is 0.220 e. The lowest BCUT2D eigenvalue weighted by molar-refractivity contribution is -0.302. The van der Waals surface area contributed by atoms with Crippen LogP contribution in [0.1, 0.15) is 322 Å². The zero-order valence-corrected chi connectivity index (χ0v) is 58.6. The van der Waals surface area contributed by atoms with Crippen LogP contribution in [-0.2, 0) is 14.3 Å². The predicted octanol–water partition coefficient (Wildman–Crippen LogP) is 21.5. The first-order valence-electron chi connectivity index (χ1n) is 37.9. The van der Waals surface area contributed by atoms with Crippen molar-refractivity contribution in [2.24, 2.45) is 0 Å². The second kappa shape index (κ2) is 69.2. The van der Waals surface area contributed by atoms with E-state index in [1.807, 2.05) is 6.08 Å². The van der Waals surface area contributed by atoms with E-state index < -0.39 is 49.5 Å². The molecular weight excluding hydrogens is 1130 g/mol. The number of unbranched alkanes of at least 4 members (excludes halogenated alkanes) is 35. The predicted molar refractivity (Wildman–Crippen MR) is 391 cm³/mol. The maximum absolute atomic E-state index is 13.2. The van der Waals surface area contributed by atoms with Crippen molar-refractivity contribution in [1.29, 1.82) is 0 Å². The molecule has 0 aromatic rings. The average molecular weight is 1270 g/mol. The number of allylic oxidation sites excluding steroid dienone is 21. The molecule has 0 aromatic heterocycles. The summed E-state index contributed by atoms with van der Waals surface area (Å²) < 4.78 is 11.3. The summed E-state index contributed by atoms with van der Waals surface area (Å²) in [5.74, 6) is -0.193. The highest BCUT2D eigenvalue weighted by Crippen LogP contribution is 2.23. The normalized spacial score (nSPS) is 18.5. The molecule has 1 rings (SSSR count). The maximum atomic E-state index is 13.2. The standard InChI is InChI=1S/C82H141NO8/c1-3-5-7-9-11-13-15-17-19-21-23-25-27-29-31-33-35-36-37-38-39-40-42-44-46-48-50-52-54-56-58-60-62-64-66-68-70-72-78(86)83-75(74-90-82-81(89)80(88)79(87)77(73-84)91-82)76(85)71-69-67-65-63-61-59-57-55-53-51-49-47-45-43-41-34-32-30-28-26-24-22-20-18-16-14-12-10-8-6-4-2/h5,7,11,13,17,19,23,25,29,31,35-36,38-39,42,44,48,50,54,56,69,71,75-77,79-82,84-85,87-89H,3-4,6,8-10,12,14-16,18,20-22,24,26-28,30,32-34,37,40-41,43,45-47,49,51-53,55,57-68,70,72-74H2,1-2H3,(H,83,86)/b7-5-,13-11-,19-17-,25-23-,31-29-,36-35-,39-38-,44-42-,50-48-,56-54-,71-69+. The summed E-state index contributed by atoms with van der Waals surface area (Å²) in [6, 6.07) is -0.825. The first kappa shape index (κ1) is 85.3. The zero-order chi connectivity index (χ0) is 65.7. The van der Waals surface area contributed by atoms with Gasteiger partial charge in [-0.1, -0.05) is 353 Å². The molecule has 91 heavy (non-hydrogen) atoms. The van der Waals surface area contributed by atoms with E-state index in [1.54, 1.807) is 6.08 Å². The number of rotatable bonds is 65. The molecule has 7 unspecified atom stereocenters. The monoisotopic (exact) mass is 1270 g/mol. The van der Waals surface area contributed by atoms with Crippen molar-refractivity contribution >= 4 is 5.91 Å². The molecule has 1 heterocycles. The molecule has 1 amide bonds. The topological polar surface area (TPSA) is 149 Å². The molecule has 0 aromatic carbocycles. The third-order valence-corrected chi connectivity index (χ3v) is 17.2. The number of hydrogen-bond donors (Lipinski definition) is 6. The number of carbonyl (C=O) groups excluding carboxylic acids is 1. The van der Waals surface area contributed by atoms with E-state index in [0.29, 0.717) is 6.42 Å². The van der Waals surface area contributed by atoms with Gasteiger partial charge in [-0.3, -0.25) is 4.79 Å². The average Bonchev–Trinajstić information content (AvgIpc) is 1.70. The van der Waals surface area contributed by atoms with Crippen LogP contribution in [-0.4, -0.2) is 87.5 Å². The number of carbonyl (C=O) groups is 1.